The third-order valence-electron chi connectivity index (χ3n) is 3.46. The fourth-order valence-electron chi connectivity index (χ4n) is 2.26. The molecule has 1 saturated heterocycles. The summed E-state index contributed by atoms with van der Waals surface area (Å²) in [6.07, 6.45) is -1.38. The van der Waals surface area contributed by atoms with Gasteiger partial charge in [0.05, 0.1) is 6.61 Å². The molecule has 0 bridgehead atoms. The van der Waals surface area contributed by atoms with Gasteiger partial charge in [-0.05, 0) is 13.1 Å². The molecule has 0 aromatic rings. The summed E-state index contributed by atoms with van der Waals surface area (Å²) in [4.78, 5) is 14.8. The number of carbonyl (C=O) groups excluding carboxylic acids is 1. The van der Waals surface area contributed by atoms with Gasteiger partial charge >= 0.3 is 6.03 Å². The second-order valence-corrected chi connectivity index (χ2v) is 4.60. The quantitative estimate of drug-likeness (QED) is 0.467. The summed E-state index contributed by atoms with van der Waals surface area (Å²) in [6.45, 7) is -0.421. The van der Waals surface area contributed by atoms with E-state index in [2.05, 4.69) is 5.32 Å². The fraction of sp³-hybridized carbons (Fsp3) is 0.727. The number of aliphatic hydroxyl groups excluding tert-OH is 3. The second-order valence-electron chi connectivity index (χ2n) is 4.60. The first kappa shape index (κ1) is 14.2. The molecule has 2 aliphatic heterocycles. The normalized spacial score (nSPS) is 39.2. The first-order valence-electron chi connectivity index (χ1n) is 6.04. The van der Waals surface area contributed by atoms with Crippen LogP contribution < -0.4 is 5.32 Å². The van der Waals surface area contributed by atoms with Crippen LogP contribution in [0.15, 0.2) is 12.3 Å². The minimum atomic E-state index is -1.26. The molecule has 0 spiro atoms. The zero-order valence-corrected chi connectivity index (χ0v) is 10.8. The first-order valence-corrected chi connectivity index (χ1v) is 6.04. The van der Waals surface area contributed by atoms with Crippen molar-refractivity contribution < 1.29 is 24.9 Å². The van der Waals surface area contributed by atoms with Gasteiger partial charge in [0.2, 0.25) is 0 Å². The van der Waals surface area contributed by atoms with E-state index < -0.39 is 31.1 Å². The Morgan fingerprint density at radius 2 is 2.11 bits per heavy atom. The summed E-state index contributed by atoms with van der Waals surface area (Å²) < 4.78 is 5.32. The molecule has 2 heterocycles. The van der Waals surface area contributed by atoms with E-state index >= 15 is 0 Å². The van der Waals surface area contributed by atoms with Crippen LogP contribution in [0.25, 0.3) is 0 Å². The number of amides is 2. The van der Waals surface area contributed by atoms with Gasteiger partial charge in [0.1, 0.15) is 24.5 Å². The minimum absolute atomic E-state index is 0.235. The lowest BCUT2D eigenvalue weighted by molar-refractivity contribution is -0.0708. The minimum Gasteiger partial charge on any atom is -0.394 e. The molecule has 1 unspecified atom stereocenters. The van der Waals surface area contributed by atoms with Gasteiger partial charge in [0.25, 0.3) is 0 Å². The Morgan fingerprint density at radius 3 is 2.63 bits per heavy atom. The summed E-state index contributed by atoms with van der Waals surface area (Å²) in [6, 6.07) is -0.364. The topological polar surface area (TPSA) is 106 Å². The first-order chi connectivity index (χ1) is 9.01. The molecule has 1 fully saturated rings. The van der Waals surface area contributed by atoms with E-state index in [-0.39, 0.29) is 12.2 Å². The summed E-state index contributed by atoms with van der Waals surface area (Å²) in [5.74, 6) is 0. The molecule has 8 nitrogen and oxygen atoms in total. The van der Waals surface area contributed by atoms with Crippen molar-refractivity contribution in [2.75, 3.05) is 20.7 Å². The van der Waals surface area contributed by atoms with Crippen LogP contribution in [0.4, 0.5) is 4.79 Å². The van der Waals surface area contributed by atoms with Crippen LogP contribution in [0.5, 0.6) is 0 Å². The van der Waals surface area contributed by atoms with Crippen molar-refractivity contribution in [3.8, 4) is 0 Å². The van der Waals surface area contributed by atoms with Crippen LogP contribution in [-0.2, 0) is 4.74 Å². The van der Waals surface area contributed by atoms with E-state index in [1.807, 2.05) is 0 Å². The third-order valence-corrected chi connectivity index (χ3v) is 3.46. The lowest BCUT2D eigenvalue weighted by atomic mass is 10.1. The van der Waals surface area contributed by atoms with Crippen molar-refractivity contribution in [1.29, 1.82) is 0 Å². The van der Waals surface area contributed by atoms with Crippen molar-refractivity contribution in [2.45, 2.75) is 30.7 Å². The van der Waals surface area contributed by atoms with Crippen LogP contribution in [0, 0.1) is 0 Å². The maximum atomic E-state index is 12.2. The molecule has 5 atom stereocenters. The van der Waals surface area contributed by atoms with Gasteiger partial charge in [0, 0.05) is 13.2 Å². The maximum absolute atomic E-state index is 12.2. The zero-order chi connectivity index (χ0) is 14.2. The van der Waals surface area contributed by atoms with Crippen LogP contribution in [-0.4, -0.2) is 82.6 Å². The van der Waals surface area contributed by atoms with Crippen molar-refractivity contribution in [2.24, 2.45) is 0 Å². The van der Waals surface area contributed by atoms with Crippen molar-refractivity contribution in [3.05, 3.63) is 12.3 Å². The Kier molecular flexibility index (Phi) is 4.07. The smallest absolute Gasteiger partial charge is 0.327 e. The van der Waals surface area contributed by atoms with E-state index in [4.69, 9.17) is 9.84 Å². The molecule has 2 rings (SSSR count). The standard InChI is InChI=1S/C11H19N3O5/c1-12-7-3-4-14(11(18)13(7)2)10-9(17)8(16)6(5-15)19-10/h3-4,6-10,12,15-17H,5H2,1-2H3/t6-,7?,8-,9-,10-/m1/s1. The molecule has 2 aliphatic rings. The molecule has 0 saturated carbocycles. The van der Waals surface area contributed by atoms with Gasteiger partial charge in [-0.25, -0.2) is 4.79 Å². The van der Waals surface area contributed by atoms with Gasteiger partial charge in [-0.2, -0.15) is 0 Å². The molecule has 0 aromatic carbocycles. The number of ether oxygens (including phenoxy) is 1. The Morgan fingerprint density at radius 1 is 1.42 bits per heavy atom. The van der Waals surface area contributed by atoms with Gasteiger partial charge in [-0.15, -0.1) is 0 Å². The van der Waals surface area contributed by atoms with E-state index in [0.29, 0.717) is 0 Å². The molecule has 2 amide bonds. The van der Waals surface area contributed by atoms with Gasteiger partial charge in [0.15, 0.2) is 6.23 Å². The number of rotatable bonds is 3. The molecule has 0 radical (unpaired) electrons. The van der Waals surface area contributed by atoms with Gasteiger partial charge in [-0.3, -0.25) is 10.2 Å². The molecular formula is C11H19N3O5. The molecular weight excluding hydrogens is 254 g/mol. The van der Waals surface area contributed by atoms with Crippen LogP contribution in [0.1, 0.15) is 0 Å². The van der Waals surface area contributed by atoms with Crippen LogP contribution in [0.2, 0.25) is 0 Å². The van der Waals surface area contributed by atoms with E-state index in [9.17, 15) is 15.0 Å². The van der Waals surface area contributed by atoms with E-state index in [0.717, 1.165) is 0 Å². The van der Waals surface area contributed by atoms with Gasteiger partial charge in [-0.1, -0.05) is 0 Å². The number of carbonyl (C=O) groups is 1. The van der Waals surface area contributed by atoms with Crippen molar-refractivity contribution in [3.63, 3.8) is 0 Å². The van der Waals surface area contributed by atoms with E-state index in [1.165, 1.54) is 16.0 Å². The Hall–Kier alpha value is -1.19. The lowest BCUT2D eigenvalue weighted by Gasteiger charge is -2.37. The predicted octanol–water partition coefficient (Wildman–Crippen LogP) is -2.15. The highest BCUT2D eigenvalue weighted by atomic mass is 16.6. The number of likely N-dealkylation sites (N-methyl/N-ethyl adjacent to an activating group) is 2. The number of hydrogen-bond donors (Lipinski definition) is 4. The summed E-state index contributed by atoms with van der Waals surface area (Å²) in [5.41, 5.74) is 0. The highest BCUT2D eigenvalue weighted by molar-refractivity contribution is 5.77. The van der Waals surface area contributed by atoms with Crippen LogP contribution in [0.3, 0.4) is 0 Å². The zero-order valence-electron chi connectivity index (χ0n) is 10.8. The number of urea groups is 1. The molecule has 4 N–H and O–H groups in total. The Labute approximate surface area is 110 Å². The van der Waals surface area contributed by atoms with Gasteiger partial charge < -0.3 is 25.0 Å². The Bertz CT molecular complexity index is 377. The van der Waals surface area contributed by atoms with E-state index in [1.54, 1.807) is 20.2 Å². The van der Waals surface area contributed by atoms with Crippen LogP contribution >= 0.6 is 0 Å². The van der Waals surface area contributed by atoms with Crippen molar-refractivity contribution in [1.82, 2.24) is 15.1 Å². The average Bonchev–Trinajstić information content (AvgIpc) is 2.69. The highest BCUT2D eigenvalue weighted by Crippen LogP contribution is 2.26. The fourth-order valence-corrected chi connectivity index (χ4v) is 2.26. The second kappa shape index (κ2) is 5.43. The number of nitrogens with one attached hydrogen (secondary N) is 1. The summed E-state index contributed by atoms with van der Waals surface area (Å²) in [5, 5.41) is 31.5. The number of nitrogens with zero attached hydrogens (tertiary/aromatic N) is 2. The Balaban J connectivity index is 2.17. The monoisotopic (exact) mass is 273 g/mol. The lowest BCUT2D eigenvalue weighted by Crippen LogP contribution is -2.56. The third kappa shape index (κ3) is 2.33. The molecule has 0 aliphatic carbocycles. The average molecular weight is 273 g/mol. The predicted molar refractivity (Wildman–Crippen MR) is 64.7 cm³/mol. The molecule has 8 heteroatoms. The SMILES string of the molecule is CNC1C=CN([C@@H]2O[C@H](CO)[C@@H](O)[C@H]2O)C(=O)N1C. The van der Waals surface area contributed by atoms with Crippen molar-refractivity contribution >= 4 is 6.03 Å². The molecule has 19 heavy (non-hydrogen) atoms. The number of aliphatic hydroxyl groups is 3. The number of hydrogen-bond acceptors (Lipinski definition) is 6. The summed E-state index contributed by atoms with van der Waals surface area (Å²) >= 11 is 0. The summed E-state index contributed by atoms with van der Waals surface area (Å²) in [7, 11) is 3.34. The molecule has 108 valence electrons. The molecule has 0 aromatic heterocycles. The highest BCUT2D eigenvalue weighted by Gasteiger charge is 2.47. The maximum Gasteiger partial charge on any atom is 0.327 e. The largest absolute Gasteiger partial charge is 0.394 e.